The minimum absolute atomic E-state index is 0.0612. The van der Waals surface area contributed by atoms with Crippen LogP contribution in [0.4, 0.5) is 0 Å². The molecule has 0 bridgehead atoms. The van der Waals surface area contributed by atoms with Crippen LogP contribution in [0.3, 0.4) is 0 Å². The van der Waals surface area contributed by atoms with Crippen LogP contribution >= 0.6 is 11.3 Å². The largest absolute Gasteiger partial charge is 0.497 e. The number of aromatic nitrogens is 1. The molecule has 1 unspecified atom stereocenters. The number of hydrogen-bond acceptors (Lipinski definition) is 5. The number of methoxy groups -OCH3 is 2. The summed E-state index contributed by atoms with van der Waals surface area (Å²) < 4.78 is 10.7. The zero-order valence-corrected chi connectivity index (χ0v) is 15.4. The van der Waals surface area contributed by atoms with Crippen LogP contribution in [0.25, 0.3) is 0 Å². The highest BCUT2D eigenvalue weighted by molar-refractivity contribution is 7.09. The molecule has 0 radical (unpaired) electrons. The second-order valence-electron chi connectivity index (χ2n) is 6.64. The van der Waals surface area contributed by atoms with Gasteiger partial charge in [-0.05, 0) is 18.1 Å². The van der Waals surface area contributed by atoms with Gasteiger partial charge in [0.15, 0.2) is 0 Å². The summed E-state index contributed by atoms with van der Waals surface area (Å²) >= 11 is 1.69. The second-order valence-corrected chi connectivity index (χ2v) is 7.53. The third kappa shape index (κ3) is 4.24. The highest BCUT2D eigenvalue weighted by atomic mass is 32.1. The van der Waals surface area contributed by atoms with Gasteiger partial charge in [0.1, 0.15) is 11.5 Å². The van der Waals surface area contributed by atoms with Crippen LogP contribution in [0.5, 0.6) is 11.5 Å². The first-order chi connectivity index (χ1) is 10.9. The van der Waals surface area contributed by atoms with Gasteiger partial charge in [-0.25, -0.2) is 4.98 Å². The molecule has 2 aromatic rings. The Balaban J connectivity index is 2.24. The van der Waals surface area contributed by atoms with E-state index < -0.39 is 0 Å². The third-order valence-electron chi connectivity index (χ3n) is 3.88. The first kappa shape index (κ1) is 17.8. The lowest BCUT2D eigenvalue weighted by molar-refractivity contribution is 0.390. The molecule has 0 aliphatic carbocycles. The Bertz CT molecular complexity index is 647. The van der Waals surface area contributed by atoms with Crippen LogP contribution in [-0.2, 0) is 11.8 Å². The fourth-order valence-corrected chi connectivity index (χ4v) is 3.54. The van der Waals surface area contributed by atoms with Crippen LogP contribution in [0.2, 0.25) is 0 Å². The smallest absolute Gasteiger partial charge is 0.125 e. The van der Waals surface area contributed by atoms with Gasteiger partial charge >= 0.3 is 0 Å². The molecule has 1 aromatic carbocycles. The number of thiazole rings is 1. The van der Waals surface area contributed by atoms with E-state index in [-0.39, 0.29) is 11.3 Å². The average molecular weight is 334 g/mol. The van der Waals surface area contributed by atoms with E-state index in [1.165, 1.54) is 0 Å². The van der Waals surface area contributed by atoms with Crippen LogP contribution < -0.4 is 15.2 Å². The van der Waals surface area contributed by atoms with E-state index in [0.717, 1.165) is 34.2 Å². The Morgan fingerprint density at radius 1 is 1.22 bits per heavy atom. The van der Waals surface area contributed by atoms with Crippen molar-refractivity contribution >= 4 is 11.3 Å². The molecule has 0 spiro atoms. The summed E-state index contributed by atoms with van der Waals surface area (Å²) in [7, 11) is 3.33. The monoisotopic (exact) mass is 334 g/mol. The SMILES string of the molecule is COc1ccc(CC(CN)c2nc(C(C)(C)C)cs2)c(OC)c1. The Hall–Kier alpha value is -1.59. The number of rotatable bonds is 6. The van der Waals surface area contributed by atoms with E-state index in [9.17, 15) is 0 Å². The highest BCUT2D eigenvalue weighted by Crippen LogP contribution is 2.32. The molecule has 0 aliphatic rings. The predicted molar refractivity (Wildman–Crippen MR) is 95.9 cm³/mol. The van der Waals surface area contributed by atoms with E-state index in [1.807, 2.05) is 18.2 Å². The average Bonchev–Trinajstić information content (AvgIpc) is 3.02. The molecule has 2 N–H and O–H groups in total. The molecular weight excluding hydrogens is 308 g/mol. The summed E-state index contributed by atoms with van der Waals surface area (Å²) in [5.41, 5.74) is 8.33. The number of benzene rings is 1. The van der Waals surface area contributed by atoms with Gasteiger partial charge in [-0.3, -0.25) is 0 Å². The Labute approximate surface area is 142 Å². The molecule has 5 heteroatoms. The molecule has 1 aromatic heterocycles. The quantitative estimate of drug-likeness (QED) is 0.874. The molecular formula is C18H26N2O2S. The van der Waals surface area contributed by atoms with E-state index in [1.54, 1.807) is 25.6 Å². The zero-order chi connectivity index (χ0) is 17.0. The van der Waals surface area contributed by atoms with Crippen molar-refractivity contribution in [1.82, 2.24) is 4.98 Å². The van der Waals surface area contributed by atoms with Crippen molar-refractivity contribution in [3.8, 4) is 11.5 Å². The van der Waals surface area contributed by atoms with E-state index in [4.69, 9.17) is 20.2 Å². The summed E-state index contributed by atoms with van der Waals surface area (Å²) in [4.78, 5) is 4.81. The maximum atomic E-state index is 6.02. The van der Waals surface area contributed by atoms with Crippen molar-refractivity contribution in [3.05, 3.63) is 39.8 Å². The number of hydrogen-bond donors (Lipinski definition) is 1. The van der Waals surface area contributed by atoms with Gasteiger partial charge in [-0.1, -0.05) is 26.8 Å². The summed E-state index contributed by atoms with van der Waals surface area (Å²) in [6.45, 7) is 7.09. The van der Waals surface area contributed by atoms with Crippen molar-refractivity contribution < 1.29 is 9.47 Å². The van der Waals surface area contributed by atoms with E-state index in [0.29, 0.717) is 6.54 Å². The van der Waals surface area contributed by atoms with Gasteiger partial charge in [0.05, 0.1) is 24.9 Å². The van der Waals surface area contributed by atoms with E-state index >= 15 is 0 Å². The molecule has 0 fully saturated rings. The molecule has 0 amide bonds. The van der Waals surface area contributed by atoms with Gasteiger partial charge in [0.2, 0.25) is 0 Å². The van der Waals surface area contributed by atoms with Crippen LogP contribution in [0, 0.1) is 0 Å². The molecule has 0 aliphatic heterocycles. The lowest BCUT2D eigenvalue weighted by Gasteiger charge is -2.17. The van der Waals surface area contributed by atoms with E-state index in [2.05, 4.69) is 26.2 Å². The molecule has 4 nitrogen and oxygen atoms in total. The maximum absolute atomic E-state index is 6.02. The molecule has 1 heterocycles. The highest BCUT2D eigenvalue weighted by Gasteiger charge is 2.22. The molecule has 1 atom stereocenters. The third-order valence-corrected chi connectivity index (χ3v) is 4.89. The minimum atomic E-state index is 0.0612. The summed E-state index contributed by atoms with van der Waals surface area (Å²) in [5, 5.41) is 3.23. The first-order valence-electron chi connectivity index (χ1n) is 7.76. The van der Waals surface area contributed by atoms with Crippen molar-refractivity contribution in [1.29, 1.82) is 0 Å². The lowest BCUT2D eigenvalue weighted by Crippen LogP contribution is -2.17. The van der Waals surface area contributed by atoms with Gasteiger partial charge in [-0.2, -0.15) is 0 Å². The summed E-state index contributed by atoms with van der Waals surface area (Å²) in [6.07, 6.45) is 0.806. The fraction of sp³-hybridized carbons (Fsp3) is 0.500. The number of nitrogens with zero attached hydrogens (tertiary/aromatic N) is 1. The Kier molecular flexibility index (Phi) is 5.65. The van der Waals surface area contributed by atoms with Crippen LogP contribution in [0.1, 0.15) is 43.0 Å². The van der Waals surface area contributed by atoms with Gasteiger partial charge < -0.3 is 15.2 Å². The number of ether oxygens (including phenoxy) is 2. The van der Waals surface area contributed by atoms with Gasteiger partial charge in [0, 0.05) is 29.3 Å². The first-order valence-corrected chi connectivity index (χ1v) is 8.64. The standard InChI is InChI=1S/C18H26N2O2S/c1-18(2,3)16-11-23-17(20-16)13(10-19)8-12-6-7-14(21-4)9-15(12)22-5/h6-7,9,11,13H,8,10,19H2,1-5H3. The summed E-state index contributed by atoms with van der Waals surface area (Å²) in [5.74, 6) is 1.81. The summed E-state index contributed by atoms with van der Waals surface area (Å²) in [6, 6.07) is 5.90. The fourth-order valence-electron chi connectivity index (χ4n) is 2.38. The lowest BCUT2D eigenvalue weighted by atomic mass is 9.93. The van der Waals surface area contributed by atoms with Crippen molar-refractivity contribution in [2.45, 2.75) is 38.5 Å². The van der Waals surface area contributed by atoms with Gasteiger partial charge in [-0.15, -0.1) is 11.3 Å². The maximum Gasteiger partial charge on any atom is 0.125 e. The molecule has 2 rings (SSSR count). The molecule has 0 saturated heterocycles. The van der Waals surface area contributed by atoms with Crippen molar-refractivity contribution in [2.75, 3.05) is 20.8 Å². The molecule has 0 saturated carbocycles. The Morgan fingerprint density at radius 2 is 1.96 bits per heavy atom. The minimum Gasteiger partial charge on any atom is -0.497 e. The van der Waals surface area contributed by atoms with Gasteiger partial charge in [0.25, 0.3) is 0 Å². The van der Waals surface area contributed by atoms with Crippen molar-refractivity contribution in [2.24, 2.45) is 5.73 Å². The Morgan fingerprint density at radius 3 is 2.48 bits per heavy atom. The molecule has 126 valence electrons. The zero-order valence-electron chi connectivity index (χ0n) is 14.6. The predicted octanol–water partition coefficient (Wildman–Crippen LogP) is 3.74. The topological polar surface area (TPSA) is 57.4 Å². The number of nitrogens with two attached hydrogens (primary N) is 1. The van der Waals surface area contributed by atoms with Crippen molar-refractivity contribution in [3.63, 3.8) is 0 Å². The normalized spacial score (nSPS) is 13.0. The van der Waals surface area contributed by atoms with Crippen LogP contribution in [0.15, 0.2) is 23.6 Å². The van der Waals surface area contributed by atoms with Crippen LogP contribution in [-0.4, -0.2) is 25.7 Å². The molecule has 23 heavy (non-hydrogen) atoms. The second kappa shape index (κ2) is 7.32.